The zero-order valence-electron chi connectivity index (χ0n) is 10.4. The van der Waals surface area contributed by atoms with E-state index in [9.17, 15) is 0 Å². The van der Waals surface area contributed by atoms with Crippen LogP contribution in [0, 0.1) is 11.3 Å². The SMILES string of the molecule is CCN(C)C1CCN(c2cccc(C#N)n2)C1. The Morgan fingerprint density at radius 2 is 2.41 bits per heavy atom. The van der Waals surface area contributed by atoms with Crippen LogP contribution in [0.25, 0.3) is 0 Å². The Kier molecular flexibility index (Phi) is 3.60. The predicted octanol–water partition coefficient (Wildman–Crippen LogP) is 1.48. The maximum Gasteiger partial charge on any atom is 0.142 e. The fourth-order valence-corrected chi connectivity index (χ4v) is 2.23. The predicted molar refractivity (Wildman–Crippen MR) is 67.9 cm³/mol. The van der Waals surface area contributed by atoms with Crippen molar-refractivity contribution in [2.45, 2.75) is 19.4 Å². The first-order valence-corrected chi connectivity index (χ1v) is 6.07. The highest BCUT2D eigenvalue weighted by Gasteiger charge is 2.25. The molecule has 0 saturated carbocycles. The average Bonchev–Trinajstić information content (AvgIpc) is 2.87. The Balaban J connectivity index is 2.07. The summed E-state index contributed by atoms with van der Waals surface area (Å²) in [4.78, 5) is 8.97. The van der Waals surface area contributed by atoms with Crippen molar-refractivity contribution in [1.82, 2.24) is 9.88 Å². The standard InChI is InChI=1S/C13H18N4/c1-3-16(2)12-7-8-17(10-12)13-6-4-5-11(9-14)15-13/h4-6,12H,3,7-8,10H2,1-2H3. The molecular weight excluding hydrogens is 212 g/mol. The molecule has 0 aliphatic carbocycles. The molecule has 17 heavy (non-hydrogen) atoms. The third kappa shape index (κ3) is 2.56. The van der Waals surface area contributed by atoms with Crippen molar-refractivity contribution in [3.63, 3.8) is 0 Å². The van der Waals surface area contributed by atoms with Crippen LogP contribution in [0.15, 0.2) is 18.2 Å². The van der Waals surface area contributed by atoms with Crippen LogP contribution in [-0.2, 0) is 0 Å². The zero-order chi connectivity index (χ0) is 12.3. The molecule has 1 unspecified atom stereocenters. The summed E-state index contributed by atoms with van der Waals surface area (Å²) in [7, 11) is 2.16. The molecular formula is C13H18N4. The third-order valence-electron chi connectivity index (χ3n) is 3.46. The molecule has 0 bridgehead atoms. The Labute approximate surface area is 102 Å². The number of aromatic nitrogens is 1. The molecule has 2 heterocycles. The molecule has 1 fully saturated rings. The number of hydrogen-bond acceptors (Lipinski definition) is 4. The molecule has 1 aromatic rings. The van der Waals surface area contributed by atoms with Gasteiger partial charge in [0.15, 0.2) is 0 Å². The first-order chi connectivity index (χ1) is 8.24. The summed E-state index contributed by atoms with van der Waals surface area (Å²) in [5.41, 5.74) is 0.495. The van der Waals surface area contributed by atoms with Crippen LogP contribution in [0.5, 0.6) is 0 Å². The van der Waals surface area contributed by atoms with E-state index in [2.05, 4.69) is 34.8 Å². The van der Waals surface area contributed by atoms with Crippen molar-refractivity contribution < 1.29 is 0 Å². The van der Waals surface area contributed by atoms with Crippen molar-refractivity contribution in [1.29, 1.82) is 5.26 Å². The first-order valence-electron chi connectivity index (χ1n) is 6.07. The molecule has 1 atom stereocenters. The molecule has 1 aliphatic rings. The molecule has 0 spiro atoms. The number of nitriles is 1. The monoisotopic (exact) mass is 230 g/mol. The summed E-state index contributed by atoms with van der Waals surface area (Å²) in [5, 5.41) is 8.84. The van der Waals surface area contributed by atoms with E-state index in [-0.39, 0.29) is 0 Å². The lowest BCUT2D eigenvalue weighted by Crippen LogP contribution is -2.34. The van der Waals surface area contributed by atoms with Gasteiger partial charge >= 0.3 is 0 Å². The molecule has 1 saturated heterocycles. The lowest BCUT2D eigenvalue weighted by molar-refractivity contribution is 0.272. The Bertz CT molecular complexity index is 424. The van der Waals surface area contributed by atoms with Crippen molar-refractivity contribution in [2.24, 2.45) is 0 Å². The summed E-state index contributed by atoms with van der Waals surface area (Å²) < 4.78 is 0. The quantitative estimate of drug-likeness (QED) is 0.789. The van der Waals surface area contributed by atoms with Gasteiger partial charge in [0.25, 0.3) is 0 Å². The van der Waals surface area contributed by atoms with Crippen LogP contribution in [0.4, 0.5) is 5.82 Å². The lowest BCUT2D eigenvalue weighted by atomic mass is 10.2. The third-order valence-corrected chi connectivity index (χ3v) is 3.46. The summed E-state index contributed by atoms with van der Waals surface area (Å²) >= 11 is 0. The van der Waals surface area contributed by atoms with E-state index < -0.39 is 0 Å². The van der Waals surface area contributed by atoms with Crippen LogP contribution in [0.1, 0.15) is 19.0 Å². The zero-order valence-corrected chi connectivity index (χ0v) is 10.4. The summed E-state index contributed by atoms with van der Waals surface area (Å²) in [6.07, 6.45) is 1.17. The average molecular weight is 230 g/mol. The van der Waals surface area contributed by atoms with E-state index in [1.807, 2.05) is 12.1 Å². The second kappa shape index (κ2) is 5.15. The smallest absolute Gasteiger partial charge is 0.142 e. The minimum absolute atomic E-state index is 0.495. The molecule has 90 valence electrons. The van der Waals surface area contributed by atoms with Crippen LogP contribution >= 0.6 is 0 Å². The van der Waals surface area contributed by atoms with Gasteiger partial charge < -0.3 is 9.80 Å². The van der Waals surface area contributed by atoms with Crippen molar-refractivity contribution in [3.8, 4) is 6.07 Å². The van der Waals surface area contributed by atoms with Crippen LogP contribution in [0.2, 0.25) is 0 Å². The van der Waals surface area contributed by atoms with Gasteiger partial charge in [0.1, 0.15) is 17.6 Å². The largest absolute Gasteiger partial charge is 0.355 e. The van der Waals surface area contributed by atoms with E-state index >= 15 is 0 Å². The topological polar surface area (TPSA) is 43.2 Å². The molecule has 0 radical (unpaired) electrons. The van der Waals surface area contributed by atoms with Gasteiger partial charge in [-0.2, -0.15) is 5.26 Å². The normalized spacial score (nSPS) is 19.6. The molecule has 4 nitrogen and oxygen atoms in total. The number of likely N-dealkylation sites (N-methyl/N-ethyl adjacent to an activating group) is 1. The highest BCUT2D eigenvalue weighted by Crippen LogP contribution is 2.20. The van der Waals surface area contributed by atoms with Gasteiger partial charge in [0.2, 0.25) is 0 Å². The maximum atomic E-state index is 8.84. The first kappa shape index (κ1) is 11.9. The van der Waals surface area contributed by atoms with Gasteiger partial charge in [-0.05, 0) is 32.1 Å². The molecule has 0 amide bonds. The van der Waals surface area contributed by atoms with Crippen LogP contribution in [0.3, 0.4) is 0 Å². The highest BCUT2D eigenvalue weighted by molar-refractivity contribution is 5.42. The molecule has 2 rings (SSSR count). The number of rotatable bonds is 3. The van der Waals surface area contributed by atoms with Crippen molar-refractivity contribution >= 4 is 5.82 Å². The molecule has 4 heteroatoms. The van der Waals surface area contributed by atoms with Gasteiger partial charge in [-0.25, -0.2) is 4.98 Å². The molecule has 0 aromatic carbocycles. The highest BCUT2D eigenvalue weighted by atomic mass is 15.3. The summed E-state index contributed by atoms with van der Waals surface area (Å²) in [6, 6.07) is 8.32. The summed E-state index contributed by atoms with van der Waals surface area (Å²) in [6.45, 7) is 5.28. The number of anilines is 1. The van der Waals surface area contributed by atoms with Crippen molar-refractivity contribution in [3.05, 3.63) is 23.9 Å². The summed E-state index contributed by atoms with van der Waals surface area (Å²) in [5.74, 6) is 0.927. The van der Waals surface area contributed by atoms with Gasteiger partial charge in [0, 0.05) is 19.1 Å². The van der Waals surface area contributed by atoms with Gasteiger partial charge in [-0.3, -0.25) is 0 Å². The minimum atomic E-state index is 0.495. The Hall–Kier alpha value is -1.60. The van der Waals surface area contributed by atoms with E-state index in [1.165, 1.54) is 6.42 Å². The van der Waals surface area contributed by atoms with Gasteiger partial charge in [0.05, 0.1) is 0 Å². The number of pyridine rings is 1. The van der Waals surface area contributed by atoms with E-state index in [4.69, 9.17) is 5.26 Å². The number of nitrogens with zero attached hydrogens (tertiary/aromatic N) is 4. The Morgan fingerprint density at radius 1 is 1.59 bits per heavy atom. The molecule has 1 aliphatic heterocycles. The van der Waals surface area contributed by atoms with Crippen molar-refractivity contribution in [2.75, 3.05) is 31.6 Å². The van der Waals surface area contributed by atoms with Crippen LogP contribution < -0.4 is 4.90 Å². The molecule has 1 aromatic heterocycles. The maximum absolute atomic E-state index is 8.84. The van der Waals surface area contributed by atoms with Gasteiger partial charge in [-0.15, -0.1) is 0 Å². The fraction of sp³-hybridized carbons (Fsp3) is 0.538. The minimum Gasteiger partial charge on any atom is -0.355 e. The van der Waals surface area contributed by atoms with Crippen LogP contribution in [-0.4, -0.2) is 42.6 Å². The Morgan fingerprint density at radius 3 is 3.12 bits per heavy atom. The second-order valence-corrected chi connectivity index (χ2v) is 4.45. The van der Waals surface area contributed by atoms with E-state index in [0.717, 1.165) is 25.5 Å². The molecule has 0 N–H and O–H groups in total. The second-order valence-electron chi connectivity index (χ2n) is 4.45. The fourth-order valence-electron chi connectivity index (χ4n) is 2.23. The lowest BCUT2D eigenvalue weighted by Gasteiger charge is -2.23. The number of hydrogen-bond donors (Lipinski definition) is 0. The van der Waals surface area contributed by atoms with E-state index in [0.29, 0.717) is 11.7 Å². The van der Waals surface area contributed by atoms with E-state index in [1.54, 1.807) is 6.07 Å². The van der Waals surface area contributed by atoms with Gasteiger partial charge in [-0.1, -0.05) is 13.0 Å².